The number of likely N-dealkylation sites (tertiary alicyclic amines) is 1. The SMILES string of the molecule is Nc1nccc(-c2ccc(C(=O)N3CCC4(CCO4)CC3)cc2)n1. The van der Waals surface area contributed by atoms with Gasteiger partial charge in [-0.2, -0.15) is 0 Å². The van der Waals surface area contributed by atoms with E-state index >= 15 is 0 Å². The predicted molar refractivity (Wildman–Crippen MR) is 90.3 cm³/mol. The van der Waals surface area contributed by atoms with Crippen molar-refractivity contribution >= 4 is 11.9 Å². The van der Waals surface area contributed by atoms with Crippen LogP contribution in [0.5, 0.6) is 0 Å². The minimum absolute atomic E-state index is 0.0631. The number of carbonyl (C=O) groups is 1. The van der Waals surface area contributed by atoms with E-state index in [1.165, 1.54) is 0 Å². The van der Waals surface area contributed by atoms with E-state index in [4.69, 9.17) is 10.5 Å². The van der Waals surface area contributed by atoms with Gasteiger partial charge in [-0.1, -0.05) is 12.1 Å². The highest BCUT2D eigenvalue weighted by molar-refractivity contribution is 5.94. The van der Waals surface area contributed by atoms with Gasteiger partial charge >= 0.3 is 0 Å². The Hall–Kier alpha value is -2.47. The number of benzene rings is 1. The number of nitrogen functional groups attached to an aromatic ring is 1. The molecule has 6 nitrogen and oxygen atoms in total. The second kappa shape index (κ2) is 5.87. The van der Waals surface area contributed by atoms with Crippen molar-refractivity contribution in [3.63, 3.8) is 0 Å². The Kier molecular flexibility index (Phi) is 3.69. The molecule has 2 aliphatic rings. The van der Waals surface area contributed by atoms with E-state index < -0.39 is 0 Å². The van der Waals surface area contributed by atoms with E-state index in [0.717, 1.165) is 50.2 Å². The molecule has 2 saturated heterocycles. The fourth-order valence-electron chi connectivity index (χ4n) is 3.40. The largest absolute Gasteiger partial charge is 0.375 e. The van der Waals surface area contributed by atoms with Gasteiger partial charge in [0.2, 0.25) is 5.95 Å². The number of nitrogens with two attached hydrogens (primary N) is 1. The minimum atomic E-state index is 0.0631. The summed E-state index contributed by atoms with van der Waals surface area (Å²) in [5.74, 6) is 0.325. The zero-order valence-corrected chi connectivity index (χ0v) is 13.4. The molecule has 3 heterocycles. The number of aromatic nitrogens is 2. The van der Waals surface area contributed by atoms with Gasteiger partial charge < -0.3 is 15.4 Å². The smallest absolute Gasteiger partial charge is 0.253 e. The third-order valence-electron chi connectivity index (χ3n) is 5.03. The highest BCUT2D eigenvalue weighted by Crippen LogP contribution is 2.37. The molecule has 2 aliphatic heterocycles. The van der Waals surface area contributed by atoms with Gasteiger partial charge in [0, 0.05) is 30.4 Å². The van der Waals surface area contributed by atoms with Crippen LogP contribution in [0.25, 0.3) is 11.3 Å². The lowest BCUT2D eigenvalue weighted by Crippen LogP contribution is -2.53. The molecule has 1 amide bonds. The molecule has 24 heavy (non-hydrogen) atoms. The molecule has 124 valence electrons. The first-order chi connectivity index (χ1) is 11.7. The van der Waals surface area contributed by atoms with Gasteiger partial charge in [-0.3, -0.25) is 4.79 Å². The van der Waals surface area contributed by atoms with Crippen LogP contribution in [0, 0.1) is 0 Å². The number of nitrogens with zero attached hydrogens (tertiary/aromatic N) is 3. The van der Waals surface area contributed by atoms with Gasteiger partial charge in [0.05, 0.1) is 17.9 Å². The molecule has 2 aromatic rings. The lowest BCUT2D eigenvalue weighted by atomic mass is 9.84. The third-order valence-corrected chi connectivity index (χ3v) is 5.03. The second-order valence-electron chi connectivity index (χ2n) is 6.45. The Morgan fingerprint density at radius 3 is 2.42 bits per heavy atom. The van der Waals surface area contributed by atoms with Crippen LogP contribution in [0.4, 0.5) is 5.95 Å². The molecule has 0 bridgehead atoms. The fraction of sp³-hybridized carbons (Fsp3) is 0.389. The lowest BCUT2D eigenvalue weighted by molar-refractivity contribution is -0.169. The Morgan fingerprint density at radius 2 is 1.83 bits per heavy atom. The van der Waals surface area contributed by atoms with Crippen molar-refractivity contribution in [2.24, 2.45) is 0 Å². The molecule has 2 fully saturated rings. The molecule has 1 aromatic heterocycles. The average molecular weight is 324 g/mol. The van der Waals surface area contributed by atoms with E-state index in [-0.39, 0.29) is 17.5 Å². The Balaban J connectivity index is 1.45. The summed E-state index contributed by atoms with van der Waals surface area (Å²) < 4.78 is 5.71. The molecular formula is C18H20N4O2. The van der Waals surface area contributed by atoms with Gasteiger partial charge in [0.1, 0.15) is 0 Å². The van der Waals surface area contributed by atoms with Crippen LogP contribution < -0.4 is 5.73 Å². The summed E-state index contributed by atoms with van der Waals surface area (Å²) >= 11 is 0. The normalized spacial score (nSPS) is 19.1. The van der Waals surface area contributed by atoms with E-state index in [0.29, 0.717) is 5.56 Å². The quantitative estimate of drug-likeness (QED) is 0.915. The van der Waals surface area contributed by atoms with Crippen molar-refractivity contribution in [1.29, 1.82) is 0 Å². The Bertz CT molecular complexity index is 746. The first-order valence-electron chi connectivity index (χ1n) is 8.27. The number of rotatable bonds is 2. The van der Waals surface area contributed by atoms with Gasteiger partial charge in [-0.05, 0) is 37.5 Å². The van der Waals surface area contributed by atoms with Gasteiger partial charge in [0.15, 0.2) is 0 Å². The maximum atomic E-state index is 12.7. The van der Waals surface area contributed by atoms with Gasteiger partial charge in [0.25, 0.3) is 5.91 Å². The second-order valence-corrected chi connectivity index (χ2v) is 6.45. The van der Waals surface area contributed by atoms with Crippen molar-refractivity contribution in [1.82, 2.24) is 14.9 Å². The van der Waals surface area contributed by atoms with E-state index in [2.05, 4.69) is 9.97 Å². The van der Waals surface area contributed by atoms with Crippen LogP contribution in [-0.4, -0.2) is 46.1 Å². The molecule has 4 rings (SSSR count). The van der Waals surface area contributed by atoms with Gasteiger partial charge in [-0.25, -0.2) is 9.97 Å². The highest BCUT2D eigenvalue weighted by Gasteiger charge is 2.41. The first kappa shape index (κ1) is 15.1. The van der Waals surface area contributed by atoms with Crippen molar-refractivity contribution in [2.75, 3.05) is 25.4 Å². The summed E-state index contributed by atoms with van der Waals surface area (Å²) in [7, 11) is 0. The molecule has 0 atom stereocenters. The number of piperidine rings is 1. The average Bonchev–Trinajstić information content (AvgIpc) is 2.60. The molecule has 6 heteroatoms. The lowest BCUT2D eigenvalue weighted by Gasteiger charge is -2.47. The van der Waals surface area contributed by atoms with Crippen LogP contribution in [0.2, 0.25) is 0 Å². The maximum Gasteiger partial charge on any atom is 0.253 e. The minimum Gasteiger partial charge on any atom is -0.375 e. The number of ether oxygens (including phenoxy) is 1. The molecule has 0 radical (unpaired) electrons. The van der Waals surface area contributed by atoms with Crippen molar-refractivity contribution in [3.05, 3.63) is 42.1 Å². The van der Waals surface area contributed by atoms with Crippen LogP contribution in [0.1, 0.15) is 29.6 Å². The Morgan fingerprint density at radius 1 is 1.12 bits per heavy atom. The predicted octanol–water partition coefficient (Wildman–Crippen LogP) is 2.12. The third kappa shape index (κ3) is 2.73. The molecule has 2 N–H and O–H groups in total. The number of hydrogen-bond acceptors (Lipinski definition) is 5. The van der Waals surface area contributed by atoms with Crippen LogP contribution in [0.15, 0.2) is 36.5 Å². The molecule has 1 aromatic carbocycles. The zero-order valence-electron chi connectivity index (χ0n) is 13.4. The van der Waals surface area contributed by atoms with Gasteiger partial charge in [-0.15, -0.1) is 0 Å². The van der Waals surface area contributed by atoms with Crippen molar-refractivity contribution < 1.29 is 9.53 Å². The topological polar surface area (TPSA) is 81.3 Å². The van der Waals surface area contributed by atoms with Crippen LogP contribution in [0.3, 0.4) is 0 Å². The maximum absolute atomic E-state index is 12.7. The number of carbonyl (C=O) groups excluding carboxylic acids is 1. The number of anilines is 1. The summed E-state index contributed by atoms with van der Waals surface area (Å²) in [5.41, 5.74) is 8.05. The molecular weight excluding hydrogens is 304 g/mol. The summed E-state index contributed by atoms with van der Waals surface area (Å²) in [5, 5.41) is 0. The standard InChI is InChI=1S/C18H20N4O2/c19-17-20-9-5-15(21-17)13-1-3-14(4-2-13)16(23)22-10-6-18(7-11-22)8-12-24-18/h1-5,9H,6-8,10-12H2,(H2,19,20,21). The van der Waals surface area contributed by atoms with Crippen LogP contribution in [-0.2, 0) is 4.74 Å². The Labute approximate surface area is 140 Å². The molecule has 1 spiro atoms. The summed E-state index contributed by atoms with van der Waals surface area (Å²) in [4.78, 5) is 22.7. The number of hydrogen-bond donors (Lipinski definition) is 1. The van der Waals surface area contributed by atoms with Crippen LogP contribution >= 0.6 is 0 Å². The molecule has 0 saturated carbocycles. The number of amides is 1. The van der Waals surface area contributed by atoms with E-state index in [1.807, 2.05) is 29.2 Å². The summed E-state index contributed by atoms with van der Waals surface area (Å²) in [6.45, 7) is 2.40. The van der Waals surface area contributed by atoms with Crippen molar-refractivity contribution in [2.45, 2.75) is 24.9 Å². The first-order valence-corrected chi connectivity index (χ1v) is 8.27. The summed E-state index contributed by atoms with van der Waals surface area (Å²) in [6.07, 6.45) is 4.64. The molecule has 0 unspecified atom stereocenters. The molecule has 0 aliphatic carbocycles. The van der Waals surface area contributed by atoms with E-state index in [9.17, 15) is 4.79 Å². The van der Waals surface area contributed by atoms with Crippen molar-refractivity contribution in [3.8, 4) is 11.3 Å². The fourth-order valence-corrected chi connectivity index (χ4v) is 3.40. The summed E-state index contributed by atoms with van der Waals surface area (Å²) in [6, 6.07) is 9.29. The van der Waals surface area contributed by atoms with E-state index in [1.54, 1.807) is 12.3 Å². The monoisotopic (exact) mass is 324 g/mol. The highest BCUT2D eigenvalue weighted by atomic mass is 16.5. The zero-order chi connectivity index (χ0) is 16.6.